The van der Waals surface area contributed by atoms with Gasteiger partial charge in [0.25, 0.3) is 0 Å². The number of carbonyl (C=O) groups is 1. The first-order chi connectivity index (χ1) is 15.5. The third-order valence-electron chi connectivity index (χ3n) is 5.88. The van der Waals surface area contributed by atoms with Gasteiger partial charge >= 0.3 is 0 Å². The van der Waals surface area contributed by atoms with E-state index in [1.54, 1.807) is 19.1 Å². The maximum atomic E-state index is 14.9. The number of halogens is 1. The number of benzene rings is 2. The fourth-order valence-electron chi connectivity index (χ4n) is 4.27. The van der Waals surface area contributed by atoms with Crippen molar-refractivity contribution < 1.29 is 13.9 Å². The lowest BCUT2D eigenvalue weighted by Crippen LogP contribution is -2.40. The molecular formula is C25H29FN4O2. The molecule has 2 aromatic carbocycles. The molecule has 2 heterocycles. The average Bonchev–Trinajstić information content (AvgIpc) is 3.22. The van der Waals surface area contributed by atoms with Crippen LogP contribution in [0.1, 0.15) is 25.3 Å². The normalized spacial score (nSPS) is 16.7. The van der Waals surface area contributed by atoms with Crippen LogP contribution in [0.5, 0.6) is 5.75 Å². The summed E-state index contributed by atoms with van der Waals surface area (Å²) in [5, 5.41) is 7.70. The maximum Gasteiger partial charge on any atom is 0.216 e. The summed E-state index contributed by atoms with van der Waals surface area (Å²) in [6.45, 7) is 4.77. The second kappa shape index (κ2) is 9.96. The average molecular weight is 437 g/mol. The van der Waals surface area contributed by atoms with E-state index < -0.39 is 0 Å². The Labute approximate surface area is 188 Å². The van der Waals surface area contributed by atoms with Crippen molar-refractivity contribution in [2.75, 3.05) is 26.7 Å². The van der Waals surface area contributed by atoms with Crippen LogP contribution in [0.4, 0.5) is 4.39 Å². The number of nitrogens with zero attached hydrogens (tertiary/aromatic N) is 3. The third kappa shape index (κ3) is 5.16. The molecule has 1 amide bonds. The molecule has 1 saturated heterocycles. The molecule has 0 unspecified atom stereocenters. The molecule has 0 bridgehead atoms. The number of ether oxygens (including phenoxy) is 1. The van der Waals surface area contributed by atoms with Crippen LogP contribution < -0.4 is 10.1 Å². The molecule has 0 spiro atoms. The Balaban J connectivity index is 1.63. The molecule has 1 aliphatic rings. The minimum Gasteiger partial charge on any atom is -0.497 e. The summed E-state index contributed by atoms with van der Waals surface area (Å²) in [6, 6.07) is 14.7. The fourth-order valence-corrected chi connectivity index (χ4v) is 4.27. The van der Waals surface area contributed by atoms with Crippen LogP contribution in [-0.4, -0.2) is 47.3 Å². The van der Waals surface area contributed by atoms with Crippen LogP contribution >= 0.6 is 0 Å². The Morgan fingerprint density at radius 1 is 1.25 bits per heavy atom. The summed E-state index contributed by atoms with van der Waals surface area (Å²) in [5.74, 6) is 0.541. The van der Waals surface area contributed by atoms with Gasteiger partial charge in [-0.05, 0) is 49.6 Å². The van der Waals surface area contributed by atoms with Crippen LogP contribution in [-0.2, 0) is 11.3 Å². The zero-order valence-electron chi connectivity index (χ0n) is 18.6. The molecule has 3 aromatic rings. The van der Waals surface area contributed by atoms with E-state index in [0.717, 1.165) is 37.2 Å². The number of hydrogen-bond acceptors (Lipinski definition) is 4. The summed E-state index contributed by atoms with van der Waals surface area (Å²) in [4.78, 5) is 13.7. The van der Waals surface area contributed by atoms with Crippen LogP contribution in [0, 0.1) is 11.7 Å². The van der Waals surface area contributed by atoms with Crippen molar-refractivity contribution in [2.45, 2.75) is 26.3 Å². The SMILES string of the molecule is COc1ccc(-c2nn(-c3ccccc3)cc2CN2CCC[C@@H](CNC(C)=O)C2)c(F)c1. The van der Waals surface area contributed by atoms with Crippen molar-refractivity contribution in [3.8, 4) is 22.7 Å². The number of methoxy groups -OCH3 is 1. The first-order valence-corrected chi connectivity index (χ1v) is 11.0. The highest BCUT2D eigenvalue weighted by molar-refractivity contribution is 5.72. The second-order valence-corrected chi connectivity index (χ2v) is 8.31. The quantitative estimate of drug-likeness (QED) is 0.607. The molecule has 1 fully saturated rings. The van der Waals surface area contributed by atoms with Crippen molar-refractivity contribution in [1.82, 2.24) is 20.0 Å². The van der Waals surface area contributed by atoms with Gasteiger partial charge in [0.05, 0.1) is 12.8 Å². The lowest BCUT2D eigenvalue weighted by molar-refractivity contribution is -0.119. The Kier molecular flexibility index (Phi) is 6.85. The van der Waals surface area contributed by atoms with E-state index in [1.807, 2.05) is 41.2 Å². The van der Waals surface area contributed by atoms with E-state index in [0.29, 0.717) is 36.0 Å². The highest BCUT2D eigenvalue weighted by Crippen LogP contribution is 2.30. The van der Waals surface area contributed by atoms with Gasteiger partial charge in [0, 0.05) is 49.9 Å². The second-order valence-electron chi connectivity index (χ2n) is 8.31. The number of nitrogens with one attached hydrogen (secondary N) is 1. The molecule has 4 rings (SSSR count). The molecule has 1 N–H and O–H groups in total. The number of hydrogen-bond donors (Lipinski definition) is 1. The van der Waals surface area contributed by atoms with Gasteiger partial charge in [0.2, 0.25) is 5.91 Å². The highest BCUT2D eigenvalue weighted by atomic mass is 19.1. The predicted molar refractivity (Wildman–Crippen MR) is 122 cm³/mol. The molecule has 0 aliphatic carbocycles. The van der Waals surface area contributed by atoms with Crippen molar-refractivity contribution in [1.29, 1.82) is 0 Å². The number of amides is 1. The van der Waals surface area contributed by atoms with E-state index in [4.69, 9.17) is 9.84 Å². The number of carbonyl (C=O) groups excluding carboxylic acids is 1. The van der Waals surface area contributed by atoms with E-state index in [9.17, 15) is 9.18 Å². The largest absolute Gasteiger partial charge is 0.497 e. The Hall–Kier alpha value is -3.19. The molecule has 1 atom stereocenters. The number of rotatable bonds is 7. The summed E-state index contributed by atoms with van der Waals surface area (Å²) in [5.41, 5.74) is 2.99. The van der Waals surface area contributed by atoms with Crippen LogP contribution in [0.3, 0.4) is 0 Å². The van der Waals surface area contributed by atoms with Gasteiger partial charge in [-0.15, -0.1) is 0 Å². The summed E-state index contributed by atoms with van der Waals surface area (Å²) < 4.78 is 21.9. The molecular weight excluding hydrogens is 407 g/mol. The zero-order chi connectivity index (χ0) is 22.5. The molecule has 0 saturated carbocycles. The Bertz CT molecular complexity index is 1070. The third-order valence-corrected chi connectivity index (χ3v) is 5.88. The standard InChI is InChI=1S/C25H29FN4O2/c1-18(31)27-14-19-7-6-12-29(15-19)16-20-17-30(21-8-4-3-5-9-21)28-25(20)23-11-10-22(32-2)13-24(23)26/h3-5,8-11,13,17,19H,6-7,12,14-16H2,1-2H3,(H,27,31)/t19-/m0/s1. The lowest BCUT2D eigenvalue weighted by atomic mass is 9.97. The topological polar surface area (TPSA) is 59.4 Å². The van der Waals surface area contributed by atoms with E-state index in [2.05, 4.69) is 10.2 Å². The smallest absolute Gasteiger partial charge is 0.216 e. The minimum atomic E-state index is -0.355. The highest BCUT2D eigenvalue weighted by Gasteiger charge is 2.23. The van der Waals surface area contributed by atoms with Crippen molar-refractivity contribution in [2.24, 2.45) is 5.92 Å². The maximum absolute atomic E-state index is 14.9. The lowest BCUT2D eigenvalue weighted by Gasteiger charge is -2.32. The van der Waals surface area contributed by atoms with Gasteiger partial charge < -0.3 is 10.1 Å². The van der Waals surface area contributed by atoms with Gasteiger partial charge in [-0.1, -0.05) is 18.2 Å². The molecule has 6 nitrogen and oxygen atoms in total. The van der Waals surface area contributed by atoms with E-state index in [1.165, 1.54) is 13.2 Å². The van der Waals surface area contributed by atoms with Crippen molar-refractivity contribution in [3.05, 3.63) is 66.1 Å². The predicted octanol–water partition coefficient (Wildman–Crippen LogP) is 4.04. The van der Waals surface area contributed by atoms with Crippen molar-refractivity contribution >= 4 is 5.91 Å². The zero-order valence-corrected chi connectivity index (χ0v) is 18.6. The van der Waals surface area contributed by atoms with E-state index in [-0.39, 0.29) is 11.7 Å². The van der Waals surface area contributed by atoms with Crippen LogP contribution in [0.15, 0.2) is 54.7 Å². The summed E-state index contributed by atoms with van der Waals surface area (Å²) in [7, 11) is 1.53. The number of para-hydroxylation sites is 1. The first-order valence-electron chi connectivity index (χ1n) is 11.0. The summed E-state index contributed by atoms with van der Waals surface area (Å²) >= 11 is 0. The van der Waals surface area contributed by atoms with Gasteiger partial charge in [-0.25, -0.2) is 9.07 Å². The van der Waals surface area contributed by atoms with E-state index >= 15 is 0 Å². The summed E-state index contributed by atoms with van der Waals surface area (Å²) in [6.07, 6.45) is 4.16. The fraction of sp³-hybridized carbons (Fsp3) is 0.360. The molecule has 1 aliphatic heterocycles. The molecule has 1 aromatic heterocycles. The molecule has 7 heteroatoms. The molecule has 0 radical (unpaired) electrons. The van der Waals surface area contributed by atoms with Gasteiger partial charge in [-0.2, -0.15) is 5.10 Å². The minimum absolute atomic E-state index is 0.00327. The van der Waals surface area contributed by atoms with Crippen molar-refractivity contribution in [3.63, 3.8) is 0 Å². The molecule has 168 valence electrons. The van der Waals surface area contributed by atoms with Gasteiger partial charge in [0.1, 0.15) is 17.3 Å². The number of piperidine rings is 1. The molecule has 32 heavy (non-hydrogen) atoms. The number of aromatic nitrogens is 2. The Morgan fingerprint density at radius 3 is 2.78 bits per heavy atom. The van der Waals surface area contributed by atoms with Crippen LogP contribution in [0.2, 0.25) is 0 Å². The Morgan fingerprint density at radius 2 is 2.06 bits per heavy atom. The van der Waals surface area contributed by atoms with Crippen LogP contribution in [0.25, 0.3) is 16.9 Å². The van der Waals surface area contributed by atoms with Gasteiger partial charge in [-0.3, -0.25) is 9.69 Å². The monoisotopic (exact) mass is 436 g/mol. The first kappa shape index (κ1) is 22.0. The number of likely N-dealkylation sites (tertiary alicyclic amines) is 1. The van der Waals surface area contributed by atoms with Gasteiger partial charge in [0.15, 0.2) is 0 Å².